The molecule has 1 unspecified atom stereocenters. The standard InChI is InChI=1S/C26H27F3N4O4S/c1-16-30-21-13-19(3-5-23(21)38-16)37-15-18(34)14-31-8-10-32(11-9-31)22-12-17(2-4-20(22)26(27,28)29)33-24(35)6-7-25(33)36/h2-7,12-13,18,34-36H,8-11,14-15H2,1H3. The molecular formula is C26H27F3N4O4S. The lowest BCUT2D eigenvalue weighted by molar-refractivity contribution is -0.137. The second kappa shape index (κ2) is 10.4. The molecule has 0 aliphatic carbocycles. The molecule has 38 heavy (non-hydrogen) atoms. The molecule has 8 nitrogen and oxygen atoms in total. The molecule has 2 aromatic carbocycles. The first-order chi connectivity index (χ1) is 18.1. The molecule has 3 N–H and O–H groups in total. The number of hydrogen-bond donors (Lipinski definition) is 3. The Balaban J connectivity index is 1.22. The van der Waals surface area contributed by atoms with E-state index in [9.17, 15) is 28.5 Å². The number of halogens is 3. The number of nitrogens with zero attached hydrogens (tertiary/aromatic N) is 4. The Bertz CT molecular complexity index is 1410. The third-order valence-electron chi connectivity index (χ3n) is 6.47. The first kappa shape index (κ1) is 26.1. The Hall–Kier alpha value is -3.48. The second-order valence-corrected chi connectivity index (χ2v) is 10.4. The largest absolute Gasteiger partial charge is 0.494 e. The Kier molecular flexibility index (Phi) is 7.12. The first-order valence-electron chi connectivity index (χ1n) is 12.0. The smallest absolute Gasteiger partial charge is 0.418 e. The molecule has 1 saturated heterocycles. The molecule has 5 rings (SSSR count). The van der Waals surface area contributed by atoms with E-state index in [1.54, 1.807) is 16.2 Å². The lowest BCUT2D eigenvalue weighted by atomic mass is 10.1. The summed E-state index contributed by atoms with van der Waals surface area (Å²) in [6.45, 7) is 3.86. The van der Waals surface area contributed by atoms with Gasteiger partial charge < -0.3 is 25.0 Å². The minimum atomic E-state index is -4.57. The molecule has 1 aliphatic rings. The quantitative estimate of drug-likeness (QED) is 0.316. The van der Waals surface area contributed by atoms with Crippen molar-refractivity contribution < 1.29 is 33.2 Å². The van der Waals surface area contributed by atoms with E-state index in [1.807, 2.05) is 30.0 Å². The summed E-state index contributed by atoms with van der Waals surface area (Å²) in [5, 5.41) is 31.5. The maximum Gasteiger partial charge on any atom is 0.418 e. The van der Waals surface area contributed by atoms with Gasteiger partial charge in [0, 0.05) is 50.9 Å². The van der Waals surface area contributed by atoms with Gasteiger partial charge in [-0.05, 0) is 37.3 Å². The van der Waals surface area contributed by atoms with Gasteiger partial charge in [-0.3, -0.25) is 9.47 Å². The van der Waals surface area contributed by atoms with E-state index in [-0.39, 0.29) is 29.7 Å². The van der Waals surface area contributed by atoms with Crippen LogP contribution in [0.2, 0.25) is 0 Å². The summed E-state index contributed by atoms with van der Waals surface area (Å²) in [5.74, 6) is 0.0534. The summed E-state index contributed by atoms with van der Waals surface area (Å²) < 4.78 is 49.3. The van der Waals surface area contributed by atoms with Crippen molar-refractivity contribution in [3.8, 4) is 23.2 Å². The fraction of sp³-hybridized carbons (Fsp3) is 0.346. The number of aromatic hydroxyl groups is 2. The van der Waals surface area contributed by atoms with Gasteiger partial charge in [0.2, 0.25) is 0 Å². The zero-order valence-corrected chi connectivity index (χ0v) is 21.3. The molecule has 3 heterocycles. The molecule has 1 fully saturated rings. The minimum Gasteiger partial charge on any atom is -0.494 e. The lowest BCUT2D eigenvalue weighted by Gasteiger charge is -2.38. The van der Waals surface area contributed by atoms with Crippen LogP contribution in [0.25, 0.3) is 15.9 Å². The van der Waals surface area contributed by atoms with Gasteiger partial charge in [-0.25, -0.2) is 4.98 Å². The minimum absolute atomic E-state index is 0.0290. The number of aliphatic hydroxyl groups excluding tert-OH is 1. The average molecular weight is 549 g/mol. The maximum atomic E-state index is 13.8. The number of aliphatic hydroxyl groups is 1. The maximum absolute atomic E-state index is 13.8. The number of hydrogen-bond acceptors (Lipinski definition) is 8. The normalized spacial score (nSPS) is 15.8. The first-order valence-corrected chi connectivity index (χ1v) is 12.9. The number of anilines is 1. The van der Waals surface area contributed by atoms with Gasteiger partial charge in [0.25, 0.3) is 0 Å². The third kappa shape index (κ3) is 5.52. The molecule has 2 aromatic heterocycles. The van der Waals surface area contributed by atoms with E-state index < -0.39 is 17.8 Å². The second-order valence-electron chi connectivity index (χ2n) is 9.20. The van der Waals surface area contributed by atoms with Crippen LogP contribution >= 0.6 is 11.3 Å². The Morgan fingerprint density at radius 1 is 1.00 bits per heavy atom. The van der Waals surface area contributed by atoms with E-state index in [1.165, 1.54) is 24.3 Å². The van der Waals surface area contributed by atoms with Crippen LogP contribution in [0.1, 0.15) is 10.6 Å². The van der Waals surface area contributed by atoms with Gasteiger partial charge in [0.1, 0.15) is 18.5 Å². The Morgan fingerprint density at radius 2 is 1.71 bits per heavy atom. The monoisotopic (exact) mass is 548 g/mol. The molecule has 1 atom stereocenters. The van der Waals surface area contributed by atoms with Crippen molar-refractivity contribution in [3.63, 3.8) is 0 Å². The number of thiazole rings is 1. The van der Waals surface area contributed by atoms with Crippen molar-refractivity contribution in [1.82, 2.24) is 14.5 Å². The molecule has 1 aliphatic heterocycles. The van der Waals surface area contributed by atoms with Crippen molar-refractivity contribution in [2.24, 2.45) is 0 Å². The molecule has 202 valence electrons. The van der Waals surface area contributed by atoms with Crippen LogP contribution in [-0.2, 0) is 6.18 Å². The average Bonchev–Trinajstić information content (AvgIpc) is 3.41. The molecule has 0 radical (unpaired) electrons. The van der Waals surface area contributed by atoms with E-state index >= 15 is 0 Å². The highest BCUT2D eigenvalue weighted by Crippen LogP contribution is 2.39. The number of benzene rings is 2. The number of piperazine rings is 1. The Labute approximate surface area is 220 Å². The zero-order valence-electron chi connectivity index (χ0n) is 20.5. The van der Waals surface area contributed by atoms with Crippen LogP contribution in [0.4, 0.5) is 18.9 Å². The molecule has 4 aromatic rings. The summed E-state index contributed by atoms with van der Waals surface area (Å²) in [4.78, 5) is 8.06. The van der Waals surface area contributed by atoms with Crippen LogP contribution in [0.15, 0.2) is 48.5 Å². The van der Waals surface area contributed by atoms with Crippen LogP contribution in [-0.4, -0.2) is 75.2 Å². The van der Waals surface area contributed by atoms with E-state index in [0.29, 0.717) is 38.5 Å². The van der Waals surface area contributed by atoms with E-state index in [4.69, 9.17) is 4.74 Å². The zero-order chi connectivity index (χ0) is 27.0. The molecule has 0 spiro atoms. The molecular weight excluding hydrogens is 521 g/mol. The van der Waals surface area contributed by atoms with Crippen molar-refractivity contribution in [1.29, 1.82) is 0 Å². The van der Waals surface area contributed by atoms with Gasteiger partial charge in [0.05, 0.1) is 32.2 Å². The summed E-state index contributed by atoms with van der Waals surface area (Å²) >= 11 is 1.60. The summed E-state index contributed by atoms with van der Waals surface area (Å²) in [5.41, 5.74) is 0.245. The molecule has 0 saturated carbocycles. The van der Waals surface area contributed by atoms with Gasteiger partial charge in [-0.2, -0.15) is 13.2 Å². The lowest BCUT2D eigenvalue weighted by Crippen LogP contribution is -2.49. The van der Waals surface area contributed by atoms with Crippen molar-refractivity contribution >= 4 is 27.2 Å². The summed E-state index contributed by atoms with van der Waals surface area (Å²) in [6.07, 6.45) is -5.34. The number of β-amino-alcohol motifs (C(OH)–C–C–N with tert-alkyl or cyclic N) is 1. The van der Waals surface area contributed by atoms with Gasteiger partial charge in [0.15, 0.2) is 11.8 Å². The van der Waals surface area contributed by atoms with Gasteiger partial charge in [-0.15, -0.1) is 11.3 Å². The van der Waals surface area contributed by atoms with Gasteiger partial charge in [-0.1, -0.05) is 0 Å². The fourth-order valence-electron chi connectivity index (χ4n) is 4.67. The molecule has 12 heteroatoms. The molecule has 0 bridgehead atoms. The van der Waals surface area contributed by atoms with Crippen molar-refractivity contribution in [2.45, 2.75) is 19.2 Å². The summed E-state index contributed by atoms with van der Waals surface area (Å²) in [7, 11) is 0. The van der Waals surface area contributed by atoms with Crippen molar-refractivity contribution in [2.75, 3.05) is 44.2 Å². The number of rotatable bonds is 7. The third-order valence-corrected chi connectivity index (χ3v) is 7.43. The Morgan fingerprint density at radius 3 is 2.39 bits per heavy atom. The SMILES string of the molecule is Cc1nc2cc(OCC(O)CN3CCN(c4cc(-n5c(O)ccc5O)ccc4C(F)(F)F)CC3)ccc2s1. The number of ether oxygens (including phenoxy) is 1. The van der Waals surface area contributed by atoms with Crippen LogP contribution < -0.4 is 9.64 Å². The summed E-state index contributed by atoms with van der Waals surface area (Å²) in [6, 6.07) is 11.6. The van der Waals surface area contributed by atoms with Crippen LogP contribution in [0.5, 0.6) is 17.5 Å². The number of aryl methyl sites for hydroxylation is 1. The number of alkyl halides is 3. The topological polar surface area (TPSA) is 94.2 Å². The van der Waals surface area contributed by atoms with Crippen molar-refractivity contribution in [3.05, 3.63) is 59.1 Å². The van der Waals surface area contributed by atoms with E-state index in [0.717, 1.165) is 25.9 Å². The molecule has 0 amide bonds. The van der Waals surface area contributed by atoms with Gasteiger partial charge >= 0.3 is 6.18 Å². The van der Waals surface area contributed by atoms with Crippen LogP contribution in [0.3, 0.4) is 0 Å². The van der Waals surface area contributed by atoms with Crippen LogP contribution in [0, 0.1) is 6.92 Å². The highest BCUT2D eigenvalue weighted by Gasteiger charge is 2.36. The predicted molar refractivity (Wildman–Crippen MR) is 139 cm³/mol. The fourth-order valence-corrected chi connectivity index (χ4v) is 5.47. The van der Waals surface area contributed by atoms with E-state index in [2.05, 4.69) is 4.98 Å². The highest BCUT2D eigenvalue weighted by molar-refractivity contribution is 7.18. The number of aromatic nitrogens is 2. The predicted octanol–water partition coefficient (Wildman–Crippen LogP) is 4.39. The highest BCUT2D eigenvalue weighted by atomic mass is 32.1. The number of fused-ring (bicyclic) bond motifs is 1.